The standard InChI is InChI=1S/C30H39NS/c1-18(2)22-12-9-13-23(19(3)4)28(22)26-16-11-17-27(30(26)32-31)29-24(20(5)6)14-10-15-25(29)21(7)8/h9-21H,31H2,1-8H3. The summed E-state index contributed by atoms with van der Waals surface area (Å²) in [5, 5.41) is 6.45. The normalized spacial score (nSPS) is 11.9. The Bertz CT molecular complexity index is 942. The van der Waals surface area contributed by atoms with Gasteiger partial charge in [-0.2, -0.15) is 0 Å². The molecule has 1 nitrogen and oxygen atoms in total. The van der Waals surface area contributed by atoms with Crippen molar-refractivity contribution in [2.24, 2.45) is 5.14 Å². The lowest BCUT2D eigenvalue weighted by Gasteiger charge is -2.25. The van der Waals surface area contributed by atoms with Crippen LogP contribution in [0.15, 0.2) is 59.5 Å². The SMILES string of the molecule is CC(C)c1cccc(C(C)C)c1-c1cccc(-c2c(C(C)C)cccc2C(C)C)c1SN. The molecule has 32 heavy (non-hydrogen) atoms. The van der Waals surface area contributed by atoms with Crippen LogP contribution in [0, 0.1) is 0 Å². The minimum absolute atomic E-state index is 0.442. The largest absolute Gasteiger partial charge is 0.274 e. The van der Waals surface area contributed by atoms with Gasteiger partial charge in [-0.25, -0.2) is 0 Å². The van der Waals surface area contributed by atoms with E-state index in [-0.39, 0.29) is 0 Å². The van der Waals surface area contributed by atoms with Crippen molar-refractivity contribution in [1.82, 2.24) is 0 Å². The van der Waals surface area contributed by atoms with E-state index in [2.05, 4.69) is 110 Å². The molecule has 0 bridgehead atoms. The first-order valence-electron chi connectivity index (χ1n) is 11.9. The van der Waals surface area contributed by atoms with Gasteiger partial charge in [0.1, 0.15) is 0 Å². The number of hydrogen-bond donors (Lipinski definition) is 1. The van der Waals surface area contributed by atoms with Crippen LogP contribution in [0.5, 0.6) is 0 Å². The van der Waals surface area contributed by atoms with Crippen LogP contribution >= 0.6 is 11.9 Å². The highest BCUT2D eigenvalue weighted by Crippen LogP contribution is 2.46. The summed E-state index contributed by atoms with van der Waals surface area (Å²) < 4.78 is 0. The van der Waals surface area contributed by atoms with Gasteiger partial charge in [0, 0.05) is 4.90 Å². The van der Waals surface area contributed by atoms with Crippen LogP contribution in [0.25, 0.3) is 22.3 Å². The van der Waals surface area contributed by atoms with E-state index in [1.807, 2.05) is 0 Å². The van der Waals surface area contributed by atoms with E-state index in [9.17, 15) is 0 Å². The second-order valence-electron chi connectivity index (χ2n) is 10.0. The van der Waals surface area contributed by atoms with E-state index in [1.165, 1.54) is 61.4 Å². The third-order valence-corrected chi connectivity index (χ3v) is 7.09. The smallest absolute Gasteiger partial charge is 0.0383 e. The molecule has 3 rings (SSSR count). The van der Waals surface area contributed by atoms with Crippen molar-refractivity contribution in [2.45, 2.75) is 84.0 Å². The van der Waals surface area contributed by atoms with Gasteiger partial charge in [0.2, 0.25) is 0 Å². The Balaban J connectivity index is 2.43. The zero-order chi connectivity index (χ0) is 23.6. The first kappa shape index (κ1) is 24.6. The van der Waals surface area contributed by atoms with Crippen molar-refractivity contribution in [1.29, 1.82) is 0 Å². The molecule has 0 spiro atoms. The maximum atomic E-state index is 6.45. The Kier molecular flexibility index (Phi) is 7.90. The van der Waals surface area contributed by atoms with Crippen molar-refractivity contribution in [3.63, 3.8) is 0 Å². The molecule has 2 heteroatoms. The molecule has 0 heterocycles. The van der Waals surface area contributed by atoms with Crippen molar-refractivity contribution < 1.29 is 0 Å². The second-order valence-corrected chi connectivity index (χ2v) is 10.7. The molecule has 0 saturated heterocycles. The third-order valence-electron chi connectivity index (χ3n) is 6.42. The average molecular weight is 446 g/mol. The van der Waals surface area contributed by atoms with E-state index >= 15 is 0 Å². The van der Waals surface area contributed by atoms with Gasteiger partial charge < -0.3 is 0 Å². The maximum Gasteiger partial charge on any atom is 0.0383 e. The molecule has 0 unspecified atom stereocenters. The Hall–Kier alpha value is -2.03. The van der Waals surface area contributed by atoms with Crippen LogP contribution < -0.4 is 5.14 Å². The molecule has 0 aliphatic carbocycles. The zero-order valence-electron chi connectivity index (χ0n) is 21.0. The van der Waals surface area contributed by atoms with Gasteiger partial charge in [-0.3, -0.25) is 5.14 Å². The van der Waals surface area contributed by atoms with E-state index in [4.69, 9.17) is 5.14 Å². The zero-order valence-corrected chi connectivity index (χ0v) is 21.8. The summed E-state index contributed by atoms with van der Waals surface area (Å²) in [7, 11) is 0. The number of benzene rings is 3. The van der Waals surface area contributed by atoms with Gasteiger partial charge in [-0.05, 0) is 80.1 Å². The van der Waals surface area contributed by atoms with E-state index < -0.39 is 0 Å². The first-order chi connectivity index (χ1) is 15.2. The van der Waals surface area contributed by atoms with Gasteiger partial charge in [-0.1, -0.05) is 110 Å². The average Bonchev–Trinajstić information content (AvgIpc) is 2.77. The molecule has 0 amide bonds. The van der Waals surface area contributed by atoms with Crippen LogP contribution in [-0.4, -0.2) is 0 Å². The molecule has 0 aliphatic heterocycles. The molecule has 0 atom stereocenters. The topological polar surface area (TPSA) is 26.0 Å². The fraction of sp³-hybridized carbons (Fsp3) is 0.400. The van der Waals surface area contributed by atoms with E-state index in [1.54, 1.807) is 0 Å². The molecule has 0 radical (unpaired) electrons. The van der Waals surface area contributed by atoms with Gasteiger partial charge >= 0.3 is 0 Å². The Morgan fingerprint density at radius 3 is 1.03 bits per heavy atom. The van der Waals surface area contributed by atoms with Crippen molar-refractivity contribution in [3.05, 3.63) is 76.9 Å². The summed E-state index contributed by atoms with van der Waals surface area (Å²) in [5.74, 6) is 1.77. The monoisotopic (exact) mass is 445 g/mol. The quantitative estimate of drug-likeness (QED) is 0.366. The molecule has 2 N–H and O–H groups in total. The molecule has 0 saturated carbocycles. The van der Waals surface area contributed by atoms with Gasteiger partial charge in [0.05, 0.1) is 0 Å². The van der Waals surface area contributed by atoms with E-state index in [0.29, 0.717) is 23.7 Å². The maximum absolute atomic E-state index is 6.45. The number of nitrogens with two attached hydrogens (primary N) is 1. The molecule has 0 aliphatic rings. The Morgan fingerprint density at radius 1 is 0.500 bits per heavy atom. The van der Waals surface area contributed by atoms with Gasteiger partial charge in [-0.15, -0.1) is 0 Å². The first-order valence-corrected chi connectivity index (χ1v) is 12.8. The summed E-state index contributed by atoms with van der Waals surface area (Å²) in [6, 6.07) is 20.3. The van der Waals surface area contributed by atoms with Gasteiger partial charge in [0.15, 0.2) is 0 Å². The van der Waals surface area contributed by atoms with Crippen LogP contribution in [0.4, 0.5) is 0 Å². The molecule has 3 aromatic carbocycles. The van der Waals surface area contributed by atoms with Crippen molar-refractivity contribution in [3.8, 4) is 22.3 Å². The minimum atomic E-state index is 0.442. The number of rotatable bonds is 7. The van der Waals surface area contributed by atoms with Gasteiger partial charge in [0.25, 0.3) is 0 Å². The fourth-order valence-corrected chi connectivity index (χ4v) is 5.38. The molecule has 3 aromatic rings. The summed E-state index contributed by atoms with van der Waals surface area (Å²) in [4.78, 5) is 1.18. The highest BCUT2D eigenvalue weighted by atomic mass is 32.2. The summed E-state index contributed by atoms with van der Waals surface area (Å²) in [5.41, 5.74) is 10.8. The number of hydrogen-bond acceptors (Lipinski definition) is 2. The lowest BCUT2D eigenvalue weighted by molar-refractivity contribution is 0.835. The van der Waals surface area contributed by atoms with Crippen LogP contribution in [-0.2, 0) is 0 Å². The summed E-state index contributed by atoms with van der Waals surface area (Å²) >= 11 is 1.39. The van der Waals surface area contributed by atoms with Crippen molar-refractivity contribution in [2.75, 3.05) is 0 Å². The van der Waals surface area contributed by atoms with E-state index in [0.717, 1.165) is 0 Å². The van der Waals surface area contributed by atoms with Crippen LogP contribution in [0.1, 0.15) is 101 Å². The highest BCUT2D eigenvalue weighted by Gasteiger charge is 2.23. The predicted octanol–water partition coefficient (Wildman–Crippen LogP) is 9.48. The fourth-order valence-electron chi connectivity index (χ4n) is 4.78. The molecule has 0 fully saturated rings. The Labute approximate surface area is 200 Å². The predicted molar refractivity (Wildman–Crippen MR) is 144 cm³/mol. The summed E-state index contributed by atoms with van der Waals surface area (Å²) in [6.07, 6.45) is 0. The molecular formula is C30H39NS. The molecule has 0 aromatic heterocycles. The molecular weight excluding hydrogens is 406 g/mol. The lowest BCUT2D eigenvalue weighted by atomic mass is 9.82. The van der Waals surface area contributed by atoms with Crippen LogP contribution in [0.2, 0.25) is 0 Å². The van der Waals surface area contributed by atoms with Crippen LogP contribution in [0.3, 0.4) is 0 Å². The Morgan fingerprint density at radius 2 is 0.781 bits per heavy atom. The molecule has 170 valence electrons. The second kappa shape index (κ2) is 10.3. The van der Waals surface area contributed by atoms with Crippen molar-refractivity contribution >= 4 is 11.9 Å². The third kappa shape index (κ3) is 4.67. The lowest BCUT2D eigenvalue weighted by Crippen LogP contribution is -2.04. The summed E-state index contributed by atoms with van der Waals surface area (Å²) in [6.45, 7) is 18.3. The highest BCUT2D eigenvalue weighted by molar-refractivity contribution is 7.97. The minimum Gasteiger partial charge on any atom is -0.274 e.